The molecule has 260 valence electrons. The number of rotatable bonds is 4. The summed E-state index contributed by atoms with van der Waals surface area (Å²) in [6.45, 7) is 8.35. The summed E-state index contributed by atoms with van der Waals surface area (Å²) >= 11 is 0. The van der Waals surface area contributed by atoms with Crippen molar-refractivity contribution in [2.24, 2.45) is 0 Å². The maximum atomic E-state index is 6.69. The second-order valence-corrected chi connectivity index (χ2v) is 15.6. The van der Waals surface area contributed by atoms with E-state index in [9.17, 15) is 0 Å². The molecule has 1 fully saturated rings. The lowest BCUT2D eigenvalue weighted by Gasteiger charge is -2.32. The highest BCUT2D eigenvalue weighted by Crippen LogP contribution is 2.42. The number of para-hydroxylation sites is 4. The Morgan fingerprint density at radius 2 is 0.981 bits per heavy atom. The number of fused-ring (bicyclic) bond motifs is 9. The summed E-state index contributed by atoms with van der Waals surface area (Å²) in [6.07, 6.45) is 0. The minimum absolute atomic E-state index is 0.470. The average Bonchev–Trinajstić information content (AvgIpc) is 3.90. The van der Waals surface area contributed by atoms with Crippen molar-refractivity contribution >= 4 is 78.1 Å². The molecular formula is C48H37BN2O3. The van der Waals surface area contributed by atoms with E-state index < -0.39 is 18.3 Å². The third-order valence-electron chi connectivity index (χ3n) is 12.0. The van der Waals surface area contributed by atoms with Gasteiger partial charge in [0.05, 0.1) is 44.3 Å². The third-order valence-corrected chi connectivity index (χ3v) is 12.0. The van der Waals surface area contributed by atoms with Crippen molar-refractivity contribution in [2.45, 2.75) is 38.9 Å². The zero-order chi connectivity index (χ0) is 36.3. The van der Waals surface area contributed by atoms with Crippen LogP contribution in [0.2, 0.25) is 0 Å². The van der Waals surface area contributed by atoms with Gasteiger partial charge >= 0.3 is 7.12 Å². The smallest absolute Gasteiger partial charge is 0.456 e. The first kappa shape index (κ1) is 31.5. The van der Waals surface area contributed by atoms with Gasteiger partial charge in [-0.25, -0.2) is 0 Å². The minimum atomic E-state index is -0.549. The van der Waals surface area contributed by atoms with Gasteiger partial charge in [-0.3, -0.25) is 0 Å². The van der Waals surface area contributed by atoms with Gasteiger partial charge in [-0.2, -0.15) is 0 Å². The molecule has 0 amide bonds. The van der Waals surface area contributed by atoms with Crippen LogP contribution in [0.5, 0.6) is 0 Å². The third kappa shape index (κ3) is 4.41. The van der Waals surface area contributed by atoms with Gasteiger partial charge in [-0.05, 0) is 99.5 Å². The van der Waals surface area contributed by atoms with Crippen molar-refractivity contribution in [2.75, 3.05) is 0 Å². The van der Waals surface area contributed by atoms with Gasteiger partial charge in [0.25, 0.3) is 0 Å². The predicted molar refractivity (Wildman–Crippen MR) is 224 cm³/mol. The van der Waals surface area contributed by atoms with Crippen LogP contribution < -0.4 is 5.46 Å². The second kappa shape index (κ2) is 11.2. The molecule has 0 radical (unpaired) electrons. The summed E-state index contributed by atoms with van der Waals surface area (Å²) in [7, 11) is -0.549. The highest BCUT2D eigenvalue weighted by atomic mass is 16.7. The van der Waals surface area contributed by atoms with Crippen molar-refractivity contribution in [3.05, 3.63) is 152 Å². The SMILES string of the molecule is CC1(C)OB(c2ccc(-n3c4ccccc4c4cc(-c5ccc6c(c5)c5ccccc5n6-c5ccccc5)ccc43)c3c2oc2ccccc23)OC1(C)C. The largest absolute Gasteiger partial charge is 0.498 e. The minimum Gasteiger partial charge on any atom is -0.456 e. The Balaban J connectivity index is 1.11. The quantitative estimate of drug-likeness (QED) is 0.172. The van der Waals surface area contributed by atoms with Crippen LogP contribution in [0.1, 0.15) is 27.7 Å². The summed E-state index contributed by atoms with van der Waals surface area (Å²) in [5, 5.41) is 7.00. The second-order valence-electron chi connectivity index (χ2n) is 15.6. The van der Waals surface area contributed by atoms with Gasteiger partial charge in [0.2, 0.25) is 0 Å². The first-order chi connectivity index (χ1) is 26.3. The molecule has 4 heterocycles. The van der Waals surface area contributed by atoms with Crippen LogP contribution in [0.3, 0.4) is 0 Å². The maximum Gasteiger partial charge on any atom is 0.498 e. The van der Waals surface area contributed by atoms with Gasteiger partial charge in [-0.15, -0.1) is 0 Å². The van der Waals surface area contributed by atoms with Crippen LogP contribution in [-0.4, -0.2) is 27.5 Å². The monoisotopic (exact) mass is 700 g/mol. The number of aromatic nitrogens is 2. The molecular weight excluding hydrogens is 663 g/mol. The first-order valence-corrected chi connectivity index (χ1v) is 18.7. The van der Waals surface area contributed by atoms with E-state index in [-0.39, 0.29) is 0 Å². The van der Waals surface area contributed by atoms with E-state index >= 15 is 0 Å². The Hall–Kier alpha value is -6.08. The molecule has 0 unspecified atom stereocenters. The number of hydrogen-bond donors (Lipinski definition) is 0. The highest BCUT2D eigenvalue weighted by molar-refractivity contribution is 6.65. The van der Waals surface area contributed by atoms with Crippen LogP contribution in [0.4, 0.5) is 0 Å². The van der Waals surface area contributed by atoms with Crippen molar-refractivity contribution in [3.63, 3.8) is 0 Å². The predicted octanol–water partition coefficient (Wildman–Crippen LogP) is 11.7. The molecule has 3 aromatic heterocycles. The van der Waals surface area contributed by atoms with E-state index in [1.165, 1.54) is 43.7 Å². The fourth-order valence-corrected chi connectivity index (χ4v) is 8.59. The molecule has 10 aromatic rings. The Labute approximate surface area is 313 Å². The van der Waals surface area contributed by atoms with Gasteiger partial charge in [0, 0.05) is 38.1 Å². The number of benzene rings is 7. The molecule has 1 saturated heterocycles. The summed E-state index contributed by atoms with van der Waals surface area (Å²) in [5.41, 5.74) is 10.9. The molecule has 0 spiro atoms. The Kier molecular flexibility index (Phi) is 6.53. The van der Waals surface area contributed by atoms with E-state index in [2.05, 4.69) is 176 Å². The first-order valence-electron chi connectivity index (χ1n) is 18.7. The van der Waals surface area contributed by atoms with Crippen LogP contribution in [-0.2, 0) is 9.31 Å². The van der Waals surface area contributed by atoms with Crippen LogP contribution in [0.25, 0.3) is 88.1 Å². The lowest BCUT2D eigenvalue weighted by molar-refractivity contribution is 0.00578. The normalized spacial score (nSPS) is 15.5. The van der Waals surface area contributed by atoms with Crippen molar-refractivity contribution in [1.82, 2.24) is 9.13 Å². The zero-order valence-corrected chi connectivity index (χ0v) is 30.6. The number of nitrogens with zero attached hydrogens (tertiary/aromatic N) is 2. The molecule has 54 heavy (non-hydrogen) atoms. The van der Waals surface area contributed by atoms with E-state index in [0.717, 1.165) is 49.8 Å². The van der Waals surface area contributed by atoms with Gasteiger partial charge in [0.15, 0.2) is 0 Å². The van der Waals surface area contributed by atoms with Crippen LogP contribution in [0, 0.1) is 0 Å². The van der Waals surface area contributed by atoms with Crippen molar-refractivity contribution in [3.8, 4) is 22.5 Å². The Bertz CT molecular complexity index is 3110. The lowest BCUT2D eigenvalue weighted by atomic mass is 9.78. The van der Waals surface area contributed by atoms with Crippen molar-refractivity contribution < 1.29 is 13.7 Å². The topological polar surface area (TPSA) is 41.5 Å². The van der Waals surface area contributed by atoms with Crippen LogP contribution in [0.15, 0.2) is 156 Å². The molecule has 1 aliphatic heterocycles. The molecule has 0 saturated carbocycles. The number of furan rings is 1. The maximum absolute atomic E-state index is 6.69. The van der Waals surface area contributed by atoms with Gasteiger partial charge < -0.3 is 22.9 Å². The molecule has 6 heteroatoms. The molecule has 0 atom stereocenters. The molecule has 1 aliphatic rings. The summed E-state index contributed by atoms with van der Waals surface area (Å²) in [6, 6.07) is 54.4. The molecule has 7 aromatic carbocycles. The highest BCUT2D eigenvalue weighted by Gasteiger charge is 2.52. The van der Waals surface area contributed by atoms with E-state index in [1.54, 1.807) is 0 Å². The van der Waals surface area contributed by atoms with E-state index in [0.29, 0.717) is 0 Å². The van der Waals surface area contributed by atoms with Crippen molar-refractivity contribution in [1.29, 1.82) is 0 Å². The van der Waals surface area contributed by atoms with Gasteiger partial charge in [-0.1, -0.05) is 91.0 Å². The summed E-state index contributed by atoms with van der Waals surface area (Å²) in [5.74, 6) is 0. The Morgan fingerprint density at radius 1 is 0.463 bits per heavy atom. The molecule has 11 rings (SSSR count). The lowest BCUT2D eigenvalue weighted by Crippen LogP contribution is -2.41. The van der Waals surface area contributed by atoms with E-state index in [4.69, 9.17) is 13.7 Å². The molecule has 0 aliphatic carbocycles. The molecule has 0 N–H and O–H groups in total. The van der Waals surface area contributed by atoms with Crippen LogP contribution >= 0.6 is 0 Å². The standard InChI is InChI=1S/C48H37BN2O3/c1-47(2)48(3,4)54-49(53-47)38-24-27-43(45-35-18-10-13-21-44(35)52-46(38)45)51-40-20-12-9-17-34(40)37-29-31(23-26-42(37)51)30-22-25-41-36(28-30)33-16-8-11-19-39(33)50(41)32-14-6-5-7-15-32/h5-29H,1-4H3. The zero-order valence-electron chi connectivity index (χ0n) is 30.6. The fraction of sp³-hybridized carbons (Fsp3) is 0.125. The average molecular weight is 701 g/mol. The molecule has 5 nitrogen and oxygen atoms in total. The molecule has 0 bridgehead atoms. The summed E-state index contributed by atoms with van der Waals surface area (Å²) in [4.78, 5) is 0. The van der Waals surface area contributed by atoms with Gasteiger partial charge in [0.1, 0.15) is 11.2 Å². The number of hydrogen-bond acceptors (Lipinski definition) is 3. The summed E-state index contributed by atoms with van der Waals surface area (Å²) < 4.78 is 24.6. The Morgan fingerprint density at radius 3 is 1.63 bits per heavy atom. The fourth-order valence-electron chi connectivity index (χ4n) is 8.59. The van der Waals surface area contributed by atoms with E-state index in [1.807, 2.05) is 12.1 Å².